The van der Waals surface area contributed by atoms with E-state index in [-0.39, 0.29) is 0 Å². The maximum atomic E-state index is 4.17. The molecule has 0 spiro atoms. The van der Waals surface area contributed by atoms with E-state index in [2.05, 4.69) is 65.1 Å². The van der Waals surface area contributed by atoms with Crippen molar-refractivity contribution in [3.8, 4) is 0 Å². The van der Waals surface area contributed by atoms with Gasteiger partial charge in [0.25, 0.3) is 0 Å². The van der Waals surface area contributed by atoms with Crippen molar-refractivity contribution in [2.24, 2.45) is 0 Å². The molecule has 0 saturated carbocycles. The second kappa shape index (κ2) is 6.57. The first-order valence-electron chi connectivity index (χ1n) is 7.82. The molecular weight excluding hydrogens is 256 g/mol. The summed E-state index contributed by atoms with van der Waals surface area (Å²) in [7, 11) is 0. The van der Waals surface area contributed by atoms with E-state index in [9.17, 15) is 0 Å². The monoisotopic (exact) mass is 278 g/mol. The molecule has 2 aromatic carbocycles. The van der Waals surface area contributed by atoms with Crippen molar-refractivity contribution in [3.05, 3.63) is 66.7 Å². The summed E-state index contributed by atoms with van der Waals surface area (Å²) in [5.74, 6) is 0.547. The summed E-state index contributed by atoms with van der Waals surface area (Å²) in [6, 6.07) is 15.4. The van der Waals surface area contributed by atoms with Crippen LogP contribution < -0.4 is 0 Å². The number of fused-ring (bicyclic) bond motifs is 1. The molecule has 0 bridgehead atoms. The second-order valence-corrected chi connectivity index (χ2v) is 5.67. The van der Waals surface area contributed by atoms with Gasteiger partial charge in [0, 0.05) is 24.9 Å². The van der Waals surface area contributed by atoms with Crippen LogP contribution in [-0.2, 0) is 6.54 Å². The molecular formula is C19H22N2. The molecule has 0 amide bonds. The summed E-state index contributed by atoms with van der Waals surface area (Å²) in [6.45, 7) is 3.27. The Morgan fingerprint density at radius 1 is 1.10 bits per heavy atom. The van der Waals surface area contributed by atoms with Crippen LogP contribution in [0.15, 0.2) is 61.2 Å². The third kappa shape index (κ3) is 3.15. The quantitative estimate of drug-likeness (QED) is 0.619. The van der Waals surface area contributed by atoms with Crippen LogP contribution in [0.3, 0.4) is 0 Å². The number of unbranched alkanes of at least 4 members (excludes halogenated alkanes) is 1. The number of imidazole rings is 1. The highest BCUT2D eigenvalue weighted by molar-refractivity contribution is 5.86. The Morgan fingerprint density at radius 2 is 1.95 bits per heavy atom. The van der Waals surface area contributed by atoms with Crippen molar-refractivity contribution in [2.75, 3.05) is 0 Å². The number of hydrogen-bond donors (Lipinski definition) is 0. The molecule has 0 aliphatic heterocycles. The minimum absolute atomic E-state index is 0.547. The zero-order valence-corrected chi connectivity index (χ0v) is 12.6. The summed E-state index contributed by atoms with van der Waals surface area (Å²) >= 11 is 0. The van der Waals surface area contributed by atoms with Gasteiger partial charge in [-0.1, -0.05) is 62.2 Å². The summed E-state index contributed by atoms with van der Waals surface area (Å²) in [5.41, 5.74) is 1.47. The molecule has 1 aromatic heterocycles. The van der Waals surface area contributed by atoms with Gasteiger partial charge in [-0.2, -0.15) is 0 Å². The highest BCUT2D eigenvalue weighted by atomic mass is 15.0. The highest BCUT2D eigenvalue weighted by Crippen LogP contribution is 2.30. The Balaban J connectivity index is 1.97. The van der Waals surface area contributed by atoms with E-state index < -0.39 is 0 Å². The number of benzene rings is 2. The molecule has 0 fully saturated rings. The van der Waals surface area contributed by atoms with Crippen LogP contribution in [0.4, 0.5) is 0 Å². The maximum Gasteiger partial charge on any atom is 0.0946 e. The molecule has 108 valence electrons. The van der Waals surface area contributed by atoms with Gasteiger partial charge in [0.1, 0.15) is 0 Å². The van der Waals surface area contributed by atoms with Crippen molar-refractivity contribution in [1.29, 1.82) is 0 Å². The highest BCUT2D eigenvalue weighted by Gasteiger charge is 2.14. The first-order valence-corrected chi connectivity index (χ1v) is 7.82. The van der Waals surface area contributed by atoms with Crippen LogP contribution in [0.1, 0.15) is 37.7 Å². The van der Waals surface area contributed by atoms with Crippen LogP contribution >= 0.6 is 0 Å². The SMILES string of the molecule is CCCCC(Cn1ccnc1)c1cccc2ccccc12. The number of hydrogen-bond acceptors (Lipinski definition) is 1. The van der Waals surface area contributed by atoms with Gasteiger partial charge in [0.15, 0.2) is 0 Å². The van der Waals surface area contributed by atoms with Crippen molar-refractivity contribution in [2.45, 2.75) is 38.6 Å². The Bertz CT molecular complexity index is 680. The Labute approximate surface area is 126 Å². The minimum Gasteiger partial charge on any atom is -0.337 e. The van der Waals surface area contributed by atoms with Gasteiger partial charge in [-0.15, -0.1) is 0 Å². The molecule has 0 saturated heterocycles. The molecule has 1 unspecified atom stereocenters. The van der Waals surface area contributed by atoms with Crippen LogP contribution in [0.25, 0.3) is 10.8 Å². The van der Waals surface area contributed by atoms with E-state index in [0.717, 1.165) is 6.54 Å². The minimum atomic E-state index is 0.547. The fraction of sp³-hybridized carbons (Fsp3) is 0.316. The molecule has 2 nitrogen and oxygen atoms in total. The first kappa shape index (κ1) is 13.9. The molecule has 1 heterocycles. The van der Waals surface area contributed by atoms with Gasteiger partial charge in [-0.25, -0.2) is 4.98 Å². The van der Waals surface area contributed by atoms with Gasteiger partial charge >= 0.3 is 0 Å². The Hall–Kier alpha value is -2.09. The van der Waals surface area contributed by atoms with Crippen LogP contribution in [-0.4, -0.2) is 9.55 Å². The molecule has 3 rings (SSSR count). The topological polar surface area (TPSA) is 17.8 Å². The Morgan fingerprint density at radius 3 is 2.76 bits per heavy atom. The Kier molecular flexibility index (Phi) is 4.34. The van der Waals surface area contributed by atoms with Gasteiger partial charge in [0.2, 0.25) is 0 Å². The van der Waals surface area contributed by atoms with Gasteiger partial charge in [-0.05, 0) is 22.8 Å². The van der Waals surface area contributed by atoms with E-state index in [4.69, 9.17) is 0 Å². The van der Waals surface area contributed by atoms with Crippen LogP contribution in [0.5, 0.6) is 0 Å². The van der Waals surface area contributed by atoms with Crippen molar-refractivity contribution < 1.29 is 0 Å². The fourth-order valence-corrected chi connectivity index (χ4v) is 3.05. The first-order chi connectivity index (χ1) is 10.4. The number of aromatic nitrogens is 2. The van der Waals surface area contributed by atoms with Crippen molar-refractivity contribution in [3.63, 3.8) is 0 Å². The average molecular weight is 278 g/mol. The molecule has 0 aliphatic carbocycles. The summed E-state index contributed by atoms with van der Waals surface area (Å²) in [5, 5.41) is 2.73. The van der Waals surface area contributed by atoms with Gasteiger partial charge in [-0.3, -0.25) is 0 Å². The lowest BCUT2D eigenvalue weighted by Gasteiger charge is -2.20. The third-order valence-electron chi connectivity index (χ3n) is 4.16. The van der Waals surface area contributed by atoms with E-state index in [0.29, 0.717) is 5.92 Å². The smallest absolute Gasteiger partial charge is 0.0946 e. The largest absolute Gasteiger partial charge is 0.337 e. The third-order valence-corrected chi connectivity index (χ3v) is 4.16. The lowest BCUT2D eigenvalue weighted by Crippen LogP contribution is -2.08. The van der Waals surface area contributed by atoms with Gasteiger partial charge < -0.3 is 4.57 Å². The van der Waals surface area contributed by atoms with E-state index in [1.54, 1.807) is 0 Å². The molecule has 3 aromatic rings. The van der Waals surface area contributed by atoms with Crippen LogP contribution in [0, 0.1) is 0 Å². The van der Waals surface area contributed by atoms with E-state index >= 15 is 0 Å². The fourth-order valence-electron chi connectivity index (χ4n) is 3.05. The van der Waals surface area contributed by atoms with Crippen LogP contribution in [0.2, 0.25) is 0 Å². The van der Waals surface area contributed by atoms with Gasteiger partial charge in [0.05, 0.1) is 6.33 Å². The lowest BCUT2D eigenvalue weighted by atomic mass is 9.89. The number of rotatable bonds is 6. The molecule has 1 atom stereocenters. The predicted octanol–water partition coefficient (Wildman–Crippen LogP) is 5.01. The molecule has 0 aliphatic rings. The summed E-state index contributed by atoms with van der Waals surface area (Å²) < 4.78 is 2.20. The standard InChI is InChI=1S/C19H22N2/c1-2-3-7-17(14-21-13-12-20-15-21)19-11-6-9-16-8-4-5-10-18(16)19/h4-6,8-13,15,17H,2-3,7,14H2,1H3. The average Bonchev–Trinajstić information content (AvgIpc) is 3.04. The zero-order valence-electron chi connectivity index (χ0n) is 12.6. The molecule has 0 radical (unpaired) electrons. The predicted molar refractivity (Wildman–Crippen MR) is 88.4 cm³/mol. The molecule has 2 heteroatoms. The zero-order chi connectivity index (χ0) is 14.5. The second-order valence-electron chi connectivity index (χ2n) is 5.67. The number of nitrogens with zero attached hydrogens (tertiary/aromatic N) is 2. The maximum absolute atomic E-state index is 4.17. The van der Waals surface area contributed by atoms with E-state index in [1.807, 2.05) is 12.5 Å². The molecule has 21 heavy (non-hydrogen) atoms. The summed E-state index contributed by atoms with van der Waals surface area (Å²) in [6.07, 6.45) is 9.57. The summed E-state index contributed by atoms with van der Waals surface area (Å²) in [4.78, 5) is 4.17. The normalized spacial score (nSPS) is 12.6. The van der Waals surface area contributed by atoms with E-state index in [1.165, 1.54) is 35.6 Å². The van der Waals surface area contributed by atoms with Crippen molar-refractivity contribution in [1.82, 2.24) is 9.55 Å². The van der Waals surface area contributed by atoms with Crippen molar-refractivity contribution >= 4 is 10.8 Å². The lowest BCUT2D eigenvalue weighted by molar-refractivity contribution is 0.507. The molecule has 0 N–H and O–H groups in total.